The summed E-state index contributed by atoms with van der Waals surface area (Å²) in [6.45, 7) is 6.36. The van der Waals surface area contributed by atoms with Gasteiger partial charge in [-0.05, 0) is 25.3 Å². The number of carbonyl (C=O) groups is 1. The Bertz CT molecular complexity index is 530. The standard InChI is InChI=1S/C14H19N3O2/c1-4-19-14(18)10(7-9(2)3)13-16-11-5-6-15-8-12(11)17-13/h5-6,8-10H,4,7H2,1-3H3,(H,16,17). The van der Waals surface area contributed by atoms with Crippen LogP contribution >= 0.6 is 0 Å². The first kappa shape index (κ1) is 13.5. The molecule has 5 nitrogen and oxygen atoms in total. The fourth-order valence-electron chi connectivity index (χ4n) is 2.08. The SMILES string of the molecule is CCOC(=O)C(CC(C)C)c1nc2ccncc2[nH]1. The molecule has 1 unspecified atom stereocenters. The van der Waals surface area contributed by atoms with Crippen LogP contribution in [0.25, 0.3) is 11.0 Å². The molecule has 1 atom stereocenters. The Morgan fingerprint density at radius 3 is 2.89 bits per heavy atom. The van der Waals surface area contributed by atoms with Crippen molar-refractivity contribution >= 4 is 17.0 Å². The largest absolute Gasteiger partial charge is 0.465 e. The Hall–Kier alpha value is -1.91. The van der Waals surface area contributed by atoms with Crippen LogP contribution in [0.4, 0.5) is 0 Å². The average molecular weight is 261 g/mol. The maximum Gasteiger partial charge on any atom is 0.316 e. The first-order valence-corrected chi connectivity index (χ1v) is 6.58. The number of fused-ring (bicyclic) bond motifs is 1. The molecule has 1 N–H and O–H groups in total. The van der Waals surface area contributed by atoms with Crippen LogP contribution in [-0.2, 0) is 9.53 Å². The third-order valence-electron chi connectivity index (χ3n) is 2.91. The fraction of sp³-hybridized carbons (Fsp3) is 0.500. The van der Waals surface area contributed by atoms with E-state index in [0.717, 1.165) is 11.0 Å². The highest BCUT2D eigenvalue weighted by Crippen LogP contribution is 2.25. The number of carbonyl (C=O) groups excluding carboxylic acids is 1. The van der Waals surface area contributed by atoms with Gasteiger partial charge < -0.3 is 9.72 Å². The van der Waals surface area contributed by atoms with Gasteiger partial charge in [-0.2, -0.15) is 0 Å². The number of esters is 1. The van der Waals surface area contributed by atoms with Gasteiger partial charge in [-0.25, -0.2) is 4.98 Å². The zero-order valence-electron chi connectivity index (χ0n) is 11.5. The van der Waals surface area contributed by atoms with Gasteiger partial charge in [0.2, 0.25) is 0 Å². The molecular weight excluding hydrogens is 242 g/mol. The van der Waals surface area contributed by atoms with Crippen molar-refractivity contribution in [2.45, 2.75) is 33.1 Å². The van der Waals surface area contributed by atoms with Crippen LogP contribution in [0.1, 0.15) is 38.9 Å². The quantitative estimate of drug-likeness (QED) is 0.840. The molecular formula is C14H19N3O2. The number of pyridine rings is 1. The Morgan fingerprint density at radius 2 is 2.26 bits per heavy atom. The number of ether oxygens (including phenoxy) is 1. The Kier molecular flexibility index (Phi) is 4.14. The maximum absolute atomic E-state index is 12.1. The van der Waals surface area contributed by atoms with E-state index in [2.05, 4.69) is 28.8 Å². The summed E-state index contributed by atoms with van der Waals surface area (Å²) in [5.41, 5.74) is 1.67. The molecule has 2 heterocycles. The van der Waals surface area contributed by atoms with Crippen LogP contribution in [0.5, 0.6) is 0 Å². The summed E-state index contributed by atoms with van der Waals surface area (Å²) in [5.74, 6) is 0.492. The highest BCUT2D eigenvalue weighted by atomic mass is 16.5. The van der Waals surface area contributed by atoms with Gasteiger partial charge >= 0.3 is 5.97 Å². The van der Waals surface area contributed by atoms with Crippen LogP contribution in [0.3, 0.4) is 0 Å². The number of aromatic amines is 1. The van der Waals surface area contributed by atoms with Crippen molar-refractivity contribution in [2.75, 3.05) is 6.61 Å². The normalized spacial score (nSPS) is 12.8. The minimum Gasteiger partial charge on any atom is -0.465 e. The summed E-state index contributed by atoms with van der Waals surface area (Å²) in [4.78, 5) is 23.7. The number of nitrogens with zero attached hydrogens (tertiary/aromatic N) is 2. The van der Waals surface area contributed by atoms with Gasteiger partial charge in [-0.15, -0.1) is 0 Å². The third kappa shape index (κ3) is 3.10. The van der Waals surface area contributed by atoms with Gasteiger partial charge in [0.05, 0.1) is 23.8 Å². The molecule has 2 aromatic heterocycles. The second-order valence-corrected chi connectivity index (χ2v) is 4.95. The van der Waals surface area contributed by atoms with Crippen molar-refractivity contribution in [1.29, 1.82) is 0 Å². The Balaban J connectivity index is 2.33. The van der Waals surface area contributed by atoms with E-state index in [1.165, 1.54) is 0 Å². The molecule has 2 rings (SSSR count). The Labute approximate surface area is 112 Å². The summed E-state index contributed by atoms with van der Waals surface area (Å²) in [6.07, 6.45) is 4.12. The van der Waals surface area contributed by atoms with Crippen molar-refractivity contribution in [2.24, 2.45) is 5.92 Å². The number of rotatable bonds is 5. The summed E-state index contributed by atoms with van der Waals surface area (Å²) in [6, 6.07) is 1.83. The number of nitrogens with one attached hydrogen (secondary N) is 1. The number of aromatic nitrogens is 3. The van der Waals surface area contributed by atoms with E-state index < -0.39 is 0 Å². The lowest BCUT2D eigenvalue weighted by Gasteiger charge is -2.15. The maximum atomic E-state index is 12.1. The van der Waals surface area contributed by atoms with E-state index in [0.29, 0.717) is 24.8 Å². The van der Waals surface area contributed by atoms with Crippen LogP contribution in [0, 0.1) is 5.92 Å². The number of hydrogen-bond donors (Lipinski definition) is 1. The molecule has 0 saturated carbocycles. The number of H-pyrrole nitrogens is 1. The predicted molar refractivity (Wildman–Crippen MR) is 72.7 cm³/mol. The molecule has 0 aliphatic carbocycles. The molecule has 0 bridgehead atoms. The summed E-state index contributed by atoms with van der Waals surface area (Å²) in [5, 5.41) is 0. The molecule has 0 amide bonds. The molecule has 19 heavy (non-hydrogen) atoms. The Morgan fingerprint density at radius 1 is 1.47 bits per heavy atom. The van der Waals surface area contributed by atoms with Gasteiger partial charge in [0.1, 0.15) is 11.7 Å². The van der Waals surface area contributed by atoms with Crippen molar-refractivity contribution in [1.82, 2.24) is 15.0 Å². The van der Waals surface area contributed by atoms with Crippen LogP contribution in [0.15, 0.2) is 18.5 Å². The van der Waals surface area contributed by atoms with E-state index in [1.54, 1.807) is 12.4 Å². The third-order valence-corrected chi connectivity index (χ3v) is 2.91. The molecule has 5 heteroatoms. The summed E-state index contributed by atoms with van der Waals surface area (Å²) in [7, 11) is 0. The number of imidazole rings is 1. The van der Waals surface area contributed by atoms with Crippen molar-refractivity contribution in [3.05, 3.63) is 24.3 Å². The van der Waals surface area contributed by atoms with Crippen LogP contribution < -0.4 is 0 Å². The molecule has 0 fully saturated rings. The highest BCUT2D eigenvalue weighted by molar-refractivity contribution is 5.80. The van der Waals surface area contributed by atoms with E-state index in [9.17, 15) is 4.79 Å². The van der Waals surface area contributed by atoms with E-state index in [-0.39, 0.29) is 11.9 Å². The smallest absolute Gasteiger partial charge is 0.316 e. The molecule has 0 radical (unpaired) electrons. The van der Waals surface area contributed by atoms with E-state index in [1.807, 2.05) is 13.0 Å². The molecule has 0 aliphatic rings. The van der Waals surface area contributed by atoms with Gasteiger partial charge in [0, 0.05) is 6.20 Å². The van der Waals surface area contributed by atoms with E-state index in [4.69, 9.17) is 4.74 Å². The average Bonchev–Trinajstić information content (AvgIpc) is 2.79. The zero-order valence-corrected chi connectivity index (χ0v) is 11.5. The van der Waals surface area contributed by atoms with Crippen molar-refractivity contribution in [3.8, 4) is 0 Å². The van der Waals surface area contributed by atoms with Crippen molar-refractivity contribution in [3.63, 3.8) is 0 Å². The number of hydrogen-bond acceptors (Lipinski definition) is 4. The van der Waals surface area contributed by atoms with Crippen molar-refractivity contribution < 1.29 is 9.53 Å². The summed E-state index contributed by atoms with van der Waals surface area (Å²) >= 11 is 0. The molecule has 0 aromatic carbocycles. The van der Waals surface area contributed by atoms with Gasteiger partial charge in [0.15, 0.2) is 0 Å². The summed E-state index contributed by atoms with van der Waals surface area (Å²) < 4.78 is 5.14. The lowest BCUT2D eigenvalue weighted by atomic mass is 9.96. The molecule has 0 saturated heterocycles. The second-order valence-electron chi connectivity index (χ2n) is 4.95. The molecule has 102 valence electrons. The lowest BCUT2D eigenvalue weighted by Crippen LogP contribution is -2.19. The van der Waals surface area contributed by atoms with Crippen LogP contribution in [0.2, 0.25) is 0 Å². The fourth-order valence-corrected chi connectivity index (χ4v) is 2.08. The van der Waals surface area contributed by atoms with Gasteiger partial charge in [-0.1, -0.05) is 13.8 Å². The predicted octanol–water partition coefficient (Wildman–Crippen LogP) is 2.65. The minimum absolute atomic E-state index is 0.219. The first-order chi connectivity index (χ1) is 9.11. The highest BCUT2D eigenvalue weighted by Gasteiger charge is 2.26. The minimum atomic E-state index is -0.340. The van der Waals surface area contributed by atoms with Crippen LogP contribution in [-0.4, -0.2) is 27.5 Å². The molecule has 2 aromatic rings. The topological polar surface area (TPSA) is 67.9 Å². The molecule has 0 spiro atoms. The lowest BCUT2D eigenvalue weighted by molar-refractivity contribution is -0.145. The van der Waals surface area contributed by atoms with E-state index >= 15 is 0 Å². The monoisotopic (exact) mass is 261 g/mol. The zero-order chi connectivity index (χ0) is 13.8. The molecule has 0 aliphatic heterocycles. The first-order valence-electron chi connectivity index (χ1n) is 6.58. The second kappa shape index (κ2) is 5.82. The van der Waals surface area contributed by atoms with Gasteiger partial charge in [0.25, 0.3) is 0 Å². The van der Waals surface area contributed by atoms with Gasteiger partial charge in [-0.3, -0.25) is 9.78 Å².